The highest BCUT2D eigenvalue weighted by Crippen LogP contribution is 2.25. The third-order valence-electron chi connectivity index (χ3n) is 3.65. The molecule has 0 fully saturated rings. The molecule has 0 bridgehead atoms. The number of hydrogen-bond acceptors (Lipinski definition) is 5. The standard InChI is InChI=1S/C19H21F3N4OS/c1-14(19(20,21)22)8-7-9-15(2)26(3)28-27-24-13-18-23-12-17(25-18)16-10-5-4-6-11-16/h4-12,24H,2,13H2,1,3H3,(H,23,25)/b9-7+,14-8+. The highest BCUT2D eigenvalue weighted by atomic mass is 32.2. The van der Waals surface area contributed by atoms with Crippen molar-refractivity contribution in [2.24, 2.45) is 0 Å². The molecule has 0 saturated heterocycles. The Morgan fingerprint density at radius 2 is 2.07 bits per heavy atom. The summed E-state index contributed by atoms with van der Waals surface area (Å²) < 4.78 is 44.0. The summed E-state index contributed by atoms with van der Waals surface area (Å²) in [4.78, 5) is 7.46. The Morgan fingerprint density at radius 3 is 2.75 bits per heavy atom. The minimum absolute atomic E-state index is 0.351. The van der Waals surface area contributed by atoms with Crippen molar-refractivity contribution >= 4 is 12.2 Å². The number of hydrogen-bond donors (Lipinski definition) is 2. The minimum Gasteiger partial charge on any atom is -0.341 e. The van der Waals surface area contributed by atoms with E-state index < -0.39 is 11.7 Å². The van der Waals surface area contributed by atoms with Crippen LogP contribution in [0.15, 0.2) is 72.6 Å². The van der Waals surface area contributed by atoms with Gasteiger partial charge in [0.1, 0.15) is 18.1 Å². The second kappa shape index (κ2) is 10.2. The van der Waals surface area contributed by atoms with Crippen LogP contribution in [-0.4, -0.2) is 27.5 Å². The molecule has 5 nitrogen and oxygen atoms in total. The molecule has 2 aromatic rings. The van der Waals surface area contributed by atoms with Crippen molar-refractivity contribution in [3.05, 3.63) is 78.4 Å². The van der Waals surface area contributed by atoms with Gasteiger partial charge in [-0.25, -0.2) is 9.27 Å². The molecule has 0 aliphatic heterocycles. The molecular formula is C19H21F3N4OS. The lowest BCUT2D eigenvalue weighted by atomic mass is 10.2. The number of imidazole rings is 1. The van der Waals surface area contributed by atoms with Crippen LogP contribution in [0.5, 0.6) is 0 Å². The number of nitrogens with one attached hydrogen (secondary N) is 2. The molecule has 0 aliphatic carbocycles. The first-order valence-electron chi connectivity index (χ1n) is 8.28. The van der Waals surface area contributed by atoms with Crippen LogP contribution in [-0.2, 0) is 10.8 Å². The highest BCUT2D eigenvalue weighted by molar-refractivity contribution is 7.92. The molecule has 0 radical (unpaired) electrons. The Kier molecular flexibility index (Phi) is 7.91. The predicted octanol–water partition coefficient (Wildman–Crippen LogP) is 5.17. The van der Waals surface area contributed by atoms with Gasteiger partial charge in [0, 0.05) is 18.3 Å². The van der Waals surface area contributed by atoms with Crippen LogP contribution in [0.2, 0.25) is 0 Å². The van der Waals surface area contributed by atoms with Crippen molar-refractivity contribution in [1.29, 1.82) is 0 Å². The number of halogens is 3. The average molecular weight is 410 g/mol. The summed E-state index contributed by atoms with van der Waals surface area (Å²) in [5.74, 6) is 0.702. The molecule has 0 unspecified atom stereocenters. The van der Waals surface area contributed by atoms with Crippen LogP contribution in [0.3, 0.4) is 0 Å². The van der Waals surface area contributed by atoms with Crippen molar-refractivity contribution in [3.8, 4) is 11.3 Å². The lowest BCUT2D eigenvalue weighted by Crippen LogP contribution is -2.15. The van der Waals surface area contributed by atoms with Gasteiger partial charge in [-0.15, -0.1) is 0 Å². The van der Waals surface area contributed by atoms with Gasteiger partial charge in [-0.1, -0.05) is 49.1 Å². The van der Waals surface area contributed by atoms with E-state index >= 15 is 0 Å². The molecule has 0 spiro atoms. The van der Waals surface area contributed by atoms with E-state index in [9.17, 15) is 13.2 Å². The molecule has 2 rings (SSSR count). The maximum atomic E-state index is 12.4. The number of nitrogens with zero attached hydrogens (tertiary/aromatic N) is 2. The largest absolute Gasteiger partial charge is 0.412 e. The van der Waals surface area contributed by atoms with E-state index in [4.69, 9.17) is 4.28 Å². The summed E-state index contributed by atoms with van der Waals surface area (Å²) in [6, 6.07) is 9.81. The van der Waals surface area contributed by atoms with E-state index in [1.54, 1.807) is 17.5 Å². The number of likely N-dealkylation sites (N-methyl/N-ethyl adjacent to an activating group) is 1. The topological polar surface area (TPSA) is 53.2 Å². The van der Waals surface area contributed by atoms with Crippen LogP contribution in [0.25, 0.3) is 11.3 Å². The zero-order chi connectivity index (χ0) is 20.6. The zero-order valence-electron chi connectivity index (χ0n) is 15.5. The summed E-state index contributed by atoms with van der Waals surface area (Å²) in [5.41, 5.74) is 4.48. The molecule has 2 N–H and O–H groups in total. The summed E-state index contributed by atoms with van der Waals surface area (Å²) in [6.45, 7) is 5.13. The number of allylic oxidation sites excluding steroid dienone is 4. The normalized spacial score (nSPS) is 12.5. The molecule has 9 heteroatoms. The fourth-order valence-corrected chi connectivity index (χ4v) is 2.33. The molecule has 0 amide bonds. The zero-order valence-corrected chi connectivity index (χ0v) is 16.3. The molecule has 1 heterocycles. The lowest BCUT2D eigenvalue weighted by molar-refractivity contribution is -0.0913. The molecular weight excluding hydrogens is 389 g/mol. The third kappa shape index (κ3) is 6.91. The van der Waals surface area contributed by atoms with Gasteiger partial charge in [-0.3, -0.25) is 4.31 Å². The van der Waals surface area contributed by atoms with Crippen molar-refractivity contribution in [1.82, 2.24) is 19.8 Å². The number of rotatable bonds is 9. The van der Waals surface area contributed by atoms with E-state index in [1.165, 1.54) is 12.2 Å². The van der Waals surface area contributed by atoms with Crippen LogP contribution in [0, 0.1) is 0 Å². The van der Waals surface area contributed by atoms with E-state index in [0.29, 0.717) is 18.1 Å². The van der Waals surface area contributed by atoms with E-state index in [0.717, 1.165) is 36.5 Å². The Morgan fingerprint density at radius 1 is 1.36 bits per heavy atom. The van der Waals surface area contributed by atoms with E-state index in [2.05, 4.69) is 22.0 Å². The molecule has 0 saturated carbocycles. The van der Waals surface area contributed by atoms with Gasteiger partial charge in [-0.05, 0) is 18.6 Å². The second-order valence-corrected chi connectivity index (χ2v) is 6.65. The fraction of sp³-hybridized carbons (Fsp3) is 0.211. The maximum Gasteiger partial charge on any atom is 0.412 e. The Bertz CT molecular complexity index is 831. The quantitative estimate of drug-likeness (QED) is 0.196. The Labute approximate surface area is 166 Å². The Hall–Kier alpha value is -2.49. The SMILES string of the molecule is C=C(/C=C/C=C(\C)C(F)(F)F)N(C)SONCc1ncc(-c2ccccc2)[nH]1. The molecule has 1 aromatic heterocycles. The maximum absolute atomic E-state index is 12.4. The van der Waals surface area contributed by atoms with Crippen LogP contribution < -0.4 is 5.48 Å². The fourth-order valence-electron chi connectivity index (χ4n) is 1.95. The predicted molar refractivity (Wildman–Crippen MR) is 105 cm³/mol. The van der Waals surface area contributed by atoms with E-state index in [1.807, 2.05) is 30.3 Å². The Balaban J connectivity index is 1.73. The summed E-state index contributed by atoms with van der Waals surface area (Å²) >= 11 is 0.958. The summed E-state index contributed by atoms with van der Waals surface area (Å²) in [6.07, 6.45) is 1.16. The number of alkyl halides is 3. The second-order valence-electron chi connectivity index (χ2n) is 5.78. The van der Waals surface area contributed by atoms with Gasteiger partial charge in [0.25, 0.3) is 0 Å². The minimum atomic E-state index is -4.33. The first kappa shape index (κ1) is 21.8. The number of H-pyrrole nitrogens is 1. The average Bonchev–Trinajstić information content (AvgIpc) is 3.13. The monoisotopic (exact) mass is 410 g/mol. The number of hydroxylamine groups is 1. The third-order valence-corrected chi connectivity index (χ3v) is 4.30. The van der Waals surface area contributed by atoms with Crippen molar-refractivity contribution in [2.75, 3.05) is 7.05 Å². The lowest BCUT2D eigenvalue weighted by Gasteiger charge is -2.16. The first-order valence-corrected chi connectivity index (χ1v) is 8.98. The van der Waals surface area contributed by atoms with Crippen LogP contribution >= 0.6 is 12.2 Å². The number of aromatic amines is 1. The number of benzene rings is 1. The van der Waals surface area contributed by atoms with Crippen molar-refractivity contribution in [3.63, 3.8) is 0 Å². The summed E-state index contributed by atoms with van der Waals surface area (Å²) in [7, 11) is 1.68. The van der Waals surface area contributed by atoms with Gasteiger partial charge in [0.15, 0.2) is 0 Å². The highest BCUT2D eigenvalue weighted by Gasteiger charge is 2.29. The molecule has 1 aromatic carbocycles. The van der Waals surface area contributed by atoms with Crippen molar-refractivity contribution in [2.45, 2.75) is 19.6 Å². The van der Waals surface area contributed by atoms with Gasteiger partial charge in [0.05, 0.1) is 18.4 Å². The summed E-state index contributed by atoms with van der Waals surface area (Å²) in [5, 5.41) is 0. The van der Waals surface area contributed by atoms with Crippen molar-refractivity contribution < 1.29 is 17.5 Å². The molecule has 0 aliphatic rings. The first-order chi connectivity index (χ1) is 13.3. The van der Waals surface area contributed by atoms with Gasteiger partial charge in [0.2, 0.25) is 0 Å². The smallest absolute Gasteiger partial charge is 0.341 e. The van der Waals surface area contributed by atoms with Gasteiger partial charge in [-0.2, -0.15) is 18.7 Å². The number of aromatic nitrogens is 2. The van der Waals surface area contributed by atoms with Crippen LogP contribution in [0.4, 0.5) is 13.2 Å². The van der Waals surface area contributed by atoms with Crippen LogP contribution in [0.1, 0.15) is 12.7 Å². The van der Waals surface area contributed by atoms with Gasteiger partial charge < -0.3 is 4.98 Å². The molecule has 0 atom stereocenters. The molecule has 28 heavy (non-hydrogen) atoms. The van der Waals surface area contributed by atoms with E-state index in [-0.39, 0.29) is 0 Å². The molecule has 150 valence electrons. The van der Waals surface area contributed by atoms with Gasteiger partial charge >= 0.3 is 6.18 Å².